The van der Waals surface area contributed by atoms with Gasteiger partial charge in [-0.25, -0.2) is 4.79 Å². The Morgan fingerprint density at radius 3 is 2.82 bits per heavy atom. The molecule has 0 saturated heterocycles. The number of benzene rings is 1. The van der Waals surface area contributed by atoms with Gasteiger partial charge in [-0.3, -0.25) is 4.79 Å². The molecular formula is C16H17NO5. The molecule has 1 amide bonds. The number of furan rings is 1. The number of ether oxygens (including phenoxy) is 1. The highest BCUT2D eigenvalue weighted by molar-refractivity contribution is 6.00. The molecule has 1 atom stereocenters. The number of carbonyl (C=O) groups excluding carboxylic acids is 1. The Bertz CT molecular complexity index is 704. The van der Waals surface area contributed by atoms with Crippen LogP contribution in [0.5, 0.6) is 0 Å². The number of amides is 1. The maximum absolute atomic E-state index is 12.2. The number of hydrogen-bond donors (Lipinski definition) is 2. The zero-order valence-electron chi connectivity index (χ0n) is 12.2. The van der Waals surface area contributed by atoms with Gasteiger partial charge < -0.3 is 19.6 Å². The molecule has 116 valence electrons. The third-order valence-corrected chi connectivity index (χ3v) is 3.17. The molecule has 0 aliphatic heterocycles. The van der Waals surface area contributed by atoms with Gasteiger partial charge in [0.15, 0.2) is 11.8 Å². The number of carboxylic acid groups (broad SMARTS) is 1. The maximum atomic E-state index is 12.2. The summed E-state index contributed by atoms with van der Waals surface area (Å²) in [7, 11) is 0. The van der Waals surface area contributed by atoms with Crippen LogP contribution in [-0.4, -0.2) is 36.2 Å². The molecule has 1 aromatic carbocycles. The minimum atomic E-state index is -1.17. The van der Waals surface area contributed by atoms with Crippen LogP contribution in [0, 0.1) is 6.92 Å². The zero-order valence-corrected chi connectivity index (χ0v) is 12.2. The topological polar surface area (TPSA) is 88.8 Å². The van der Waals surface area contributed by atoms with Gasteiger partial charge in [0, 0.05) is 10.9 Å². The van der Waals surface area contributed by atoms with E-state index < -0.39 is 17.9 Å². The number of carboxylic acids is 1. The first-order valence-corrected chi connectivity index (χ1v) is 6.75. The number of carbonyl (C=O) groups is 2. The maximum Gasteiger partial charge on any atom is 0.328 e. The van der Waals surface area contributed by atoms with Crippen molar-refractivity contribution in [3.8, 4) is 0 Å². The largest absolute Gasteiger partial charge is 0.480 e. The molecule has 6 nitrogen and oxygen atoms in total. The third-order valence-electron chi connectivity index (χ3n) is 3.17. The SMILES string of the molecule is C=CCOCC(NC(=O)c1oc2ccccc2c1C)C(=O)O. The highest BCUT2D eigenvalue weighted by atomic mass is 16.5. The van der Waals surface area contributed by atoms with Crippen LogP contribution in [-0.2, 0) is 9.53 Å². The molecule has 0 aliphatic rings. The van der Waals surface area contributed by atoms with E-state index in [1.165, 1.54) is 6.08 Å². The summed E-state index contributed by atoms with van der Waals surface area (Å²) in [5, 5.41) is 12.3. The summed E-state index contributed by atoms with van der Waals surface area (Å²) in [6.45, 7) is 5.29. The van der Waals surface area contributed by atoms with Gasteiger partial charge in [0.25, 0.3) is 5.91 Å². The second-order valence-electron chi connectivity index (χ2n) is 4.74. The highest BCUT2D eigenvalue weighted by Gasteiger charge is 2.24. The van der Waals surface area contributed by atoms with E-state index >= 15 is 0 Å². The van der Waals surface area contributed by atoms with Gasteiger partial charge in [-0.2, -0.15) is 0 Å². The molecule has 22 heavy (non-hydrogen) atoms. The van der Waals surface area contributed by atoms with Crippen LogP contribution in [0.4, 0.5) is 0 Å². The van der Waals surface area contributed by atoms with Crippen molar-refractivity contribution in [1.82, 2.24) is 5.32 Å². The van der Waals surface area contributed by atoms with Crippen LogP contribution in [0.15, 0.2) is 41.3 Å². The van der Waals surface area contributed by atoms with Crippen LogP contribution in [0.2, 0.25) is 0 Å². The summed E-state index contributed by atoms with van der Waals surface area (Å²) in [4.78, 5) is 23.4. The van der Waals surface area contributed by atoms with Crippen LogP contribution in [0.3, 0.4) is 0 Å². The quantitative estimate of drug-likeness (QED) is 0.604. The Morgan fingerprint density at radius 1 is 1.45 bits per heavy atom. The van der Waals surface area contributed by atoms with Gasteiger partial charge in [0.2, 0.25) is 0 Å². The molecule has 0 saturated carbocycles. The van der Waals surface area contributed by atoms with Gasteiger partial charge in [0.05, 0.1) is 13.2 Å². The van der Waals surface area contributed by atoms with Crippen LogP contribution in [0.1, 0.15) is 16.1 Å². The first kappa shape index (κ1) is 15.8. The molecule has 0 radical (unpaired) electrons. The van der Waals surface area contributed by atoms with E-state index in [1.807, 2.05) is 12.1 Å². The number of para-hydroxylation sites is 1. The average Bonchev–Trinajstić information content (AvgIpc) is 2.84. The summed E-state index contributed by atoms with van der Waals surface area (Å²) in [6, 6.07) is 6.08. The van der Waals surface area contributed by atoms with Crippen molar-refractivity contribution in [1.29, 1.82) is 0 Å². The Hall–Kier alpha value is -2.60. The number of aryl methyl sites for hydroxylation is 1. The Labute approximate surface area is 127 Å². The second-order valence-corrected chi connectivity index (χ2v) is 4.74. The zero-order chi connectivity index (χ0) is 16.1. The summed E-state index contributed by atoms with van der Waals surface area (Å²) in [5.41, 5.74) is 1.25. The van der Waals surface area contributed by atoms with Crippen molar-refractivity contribution in [3.63, 3.8) is 0 Å². The van der Waals surface area contributed by atoms with E-state index in [2.05, 4.69) is 11.9 Å². The number of nitrogens with one attached hydrogen (secondary N) is 1. The van der Waals surface area contributed by atoms with E-state index in [-0.39, 0.29) is 19.0 Å². The molecule has 0 spiro atoms. The van der Waals surface area contributed by atoms with Crippen LogP contribution < -0.4 is 5.32 Å². The summed E-state index contributed by atoms with van der Waals surface area (Å²) < 4.78 is 10.6. The minimum Gasteiger partial charge on any atom is -0.480 e. The minimum absolute atomic E-state index is 0.108. The number of rotatable bonds is 7. The predicted molar refractivity (Wildman–Crippen MR) is 80.9 cm³/mol. The predicted octanol–water partition coefficient (Wildman–Crippen LogP) is 2.13. The van der Waals surface area contributed by atoms with Crippen molar-refractivity contribution in [2.24, 2.45) is 0 Å². The summed E-state index contributed by atoms with van der Waals surface area (Å²) >= 11 is 0. The third kappa shape index (κ3) is 3.35. The fourth-order valence-electron chi connectivity index (χ4n) is 2.06. The van der Waals surface area contributed by atoms with Gasteiger partial charge in [-0.05, 0) is 13.0 Å². The van der Waals surface area contributed by atoms with Gasteiger partial charge in [-0.15, -0.1) is 6.58 Å². The molecule has 2 aromatic rings. The lowest BCUT2D eigenvalue weighted by Crippen LogP contribution is -2.44. The fourth-order valence-corrected chi connectivity index (χ4v) is 2.06. The molecule has 2 N–H and O–H groups in total. The molecule has 1 heterocycles. The number of fused-ring (bicyclic) bond motifs is 1. The molecule has 1 aromatic heterocycles. The Kier molecular flexibility index (Phi) is 4.95. The number of aliphatic carboxylic acids is 1. The van der Waals surface area contributed by atoms with Gasteiger partial charge in [-0.1, -0.05) is 24.3 Å². The van der Waals surface area contributed by atoms with Gasteiger partial charge in [0.1, 0.15) is 5.58 Å². The highest BCUT2D eigenvalue weighted by Crippen LogP contribution is 2.24. The van der Waals surface area contributed by atoms with E-state index in [0.717, 1.165) is 5.39 Å². The van der Waals surface area contributed by atoms with E-state index in [4.69, 9.17) is 14.3 Å². The van der Waals surface area contributed by atoms with Gasteiger partial charge >= 0.3 is 5.97 Å². The first-order valence-electron chi connectivity index (χ1n) is 6.75. The molecule has 1 unspecified atom stereocenters. The standard InChI is InChI=1S/C16H17NO5/c1-3-8-21-9-12(16(19)20)17-15(18)14-10(2)11-6-4-5-7-13(11)22-14/h3-7,12H,1,8-9H2,2H3,(H,17,18)(H,19,20). The second kappa shape index (κ2) is 6.91. The molecule has 6 heteroatoms. The molecule has 0 bridgehead atoms. The molecule has 0 aliphatic carbocycles. The van der Waals surface area contributed by atoms with E-state index in [9.17, 15) is 9.59 Å². The average molecular weight is 303 g/mol. The normalized spacial score (nSPS) is 12.0. The number of hydrogen-bond acceptors (Lipinski definition) is 4. The summed E-state index contributed by atoms with van der Waals surface area (Å²) in [5.74, 6) is -1.65. The van der Waals surface area contributed by atoms with Crippen molar-refractivity contribution in [2.45, 2.75) is 13.0 Å². The lowest BCUT2D eigenvalue weighted by atomic mass is 10.1. The van der Waals surface area contributed by atoms with E-state index in [0.29, 0.717) is 11.1 Å². The van der Waals surface area contributed by atoms with Crippen LogP contribution in [0.25, 0.3) is 11.0 Å². The Morgan fingerprint density at radius 2 is 2.18 bits per heavy atom. The van der Waals surface area contributed by atoms with Crippen molar-refractivity contribution >= 4 is 22.8 Å². The summed E-state index contributed by atoms with van der Waals surface area (Å²) in [6.07, 6.45) is 1.50. The smallest absolute Gasteiger partial charge is 0.328 e. The first-order chi connectivity index (χ1) is 10.5. The molecular weight excluding hydrogens is 286 g/mol. The lowest BCUT2D eigenvalue weighted by molar-refractivity contribution is -0.140. The molecule has 2 rings (SSSR count). The van der Waals surface area contributed by atoms with E-state index in [1.54, 1.807) is 19.1 Å². The van der Waals surface area contributed by atoms with Crippen molar-refractivity contribution in [2.75, 3.05) is 13.2 Å². The Balaban J connectivity index is 2.16. The lowest BCUT2D eigenvalue weighted by Gasteiger charge is -2.13. The molecule has 0 fully saturated rings. The van der Waals surface area contributed by atoms with Crippen LogP contribution >= 0.6 is 0 Å². The fraction of sp³-hybridized carbons (Fsp3) is 0.250. The monoisotopic (exact) mass is 303 g/mol. The van der Waals surface area contributed by atoms with Crippen molar-refractivity contribution < 1.29 is 23.8 Å². The van der Waals surface area contributed by atoms with Crippen molar-refractivity contribution in [3.05, 3.63) is 48.2 Å².